The maximum Gasteiger partial charge on any atom is 0.211 e. The van der Waals surface area contributed by atoms with Crippen LogP contribution in [0.3, 0.4) is 0 Å². The molecule has 0 bridgehead atoms. The van der Waals surface area contributed by atoms with Crippen LogP contribution in [0.15, 0.2) is 41.3 Å². The first-order valence-electron chi connectivity index (χ1n) is 6.34. The molecule has 0 saturated carbocycles. The minimum absolute atomic E-state index is 0.241. The van der Waals surface area contributed by atoms with E-state index in [2.05, 4.69) is 5.32 Å². The average Bonchev–Trinajstić information content (AvgIpc) is 2.55. The second-order valence-electron chi connectivity index (χ2n) is 4.42. The first-order chi connectivity index (χ1) is 10.6. The van der Waals surface area contributed by atoms with Crippen LogP contribution in [0.25, 0.3) is 0 Å². The first kappa shape index (κ1) is 15.9. The number of hydrogen-bond donors (Lipinski definition) is 4. The summed E-state index contributed by atoms with van der Waals surface area (Å²) in [6.45, 7) is 0. The lowest BCUT2D eigenvalue weighted by atomic mass is 10.00. The van der Waals surface area contributed by atoms with Crippen LogP contribution in [-0.4, -0.2) is 19.2 Å². The average molecular weight is 316 g/mol. The lowest BCUT2D eigenvalue weighted by Gasteiger charge is -2.14. The molecule has 2 aromatic carbocycles. The van der Waals surface area contributed by atoms with Gasteiger partial charge in [0.15, 0.2) is 0 Å². The van der Waals surface area contributed by atoms with Crippen molar-refractivity contribution in [2.45, 2.75) is 4.90 Å². The van der Waals surface area contributed by atoms with Gasteiger partial charge in [-0.25, -0.2) is 0 Å². The lowest BCUT2D eigenvalue weighted by molar-refractivity contribution is -0.105. The largest absolute Gasteiger partial charge is 0.494 e. The Kier molecular flexibility index (Phi) is 5.03. The van der Waals surface area contributed by atoms with Crippen LogP contribution < -0.4 is 20.9 Å². The van der Waals surface area contributed by atoms with Gasteiger partial charge in [0.1, 0.15) is 5.75 Å². The van der Waals surface area contributed by atoms with Crippen molar-refractivity contribution < 1.29 is 9.53 Å². The Labute approximate surface area is 132 Å². The summed E-state index contributed by atoms with van der Waals surface area (Å²) in [7, 11) is 1.48. The van der Waals surface area contributed by atoms with Gasteiger partial charge in [-0.1, -0.05) is 12.1 Å². The van der Waals surface area contributed by atoms with Gasteiger partial charge in [0.05, 0.1) is 18.5 Å². The van der Waals surface area contributed by atoms with Crippen LogP contribution in [0, 0.1) is 5.41 Å². The molecule has 7 heteroatoms. The summed E-state index contributed by atoms with van der Waals surface area (Å²) in [6, 6.07) is 10.5. The van der Waals surface area contributed by atoms with E-state index in [1.54, 1.807) is 18.2 Å². The SMILES string of the molecule is COc1cc(N)c(C(=N)c2cccc(SN)c2)cc1NC=O. The van der Waals surface area contributed by atoms with E-state index in [-0.39, 0.29) is 5.71 Å². The molecule has 6 N–H and O–H groups in total. The fourth-order valence-corrected chi connectivity index (χ4v) is 2.39. The van der Waals surface area contributed by atoms with E-state index in [9.17, 15) is 4.79 Å². The maximum absolute atomic E-state index is 10.7. The van der Waals surface area contributed by atoms with Crippen molar-refractivity contribution >= 4 is 35.4 Å². The number of benzene rings is 2. The summed E-state index contributed by atoms with van der Waals surface area (Å²) in [5, 5.41) is 16.4. The molecule has 0 aliphatic carbocycles. The molecule has 0 fully saturated rings. The fraction of sp³-hybridized carbons (Fsp3) is 0.0667. The molecular formula is C15H16N4O2S. The Hall–Kier alpha value is -2.51. The van der Waals surface area contributed by atoms with E-state index in [0.29, 0.717) is 34.7 Å². The number of methoxy groups -OCH3 is 1. The molecule has 0 unspecified atom stereocenters. The Morgan fingerprint density at radius 3 is 2.77 bits per heavy atom. The highest BCUT2D eigenvalue weighted by atomic mass is 32.2. The molecule has 0 radical (unpaired) electrons. The Morgan fingerprint density at radius 1 is 1.36 bits per heavy atom. The number of nitrogens with two attached hydrogens (primary N) is 2. The summed E-state index contributed by atoms with van der Waals surface area (Å²) in [5.41, 5.74) is 8.28. The van der Waals surface area contributed by atoms with E-state index >= 15 is 0 Å². The number of anilines is 2. The summed E-state index contributed by atoms with van der Waals surface area (Å²) in [5.74, 6) is 0.437. The molecule has 0 saturated heterocycles. The highest BCUT2D eigenvalue weighted by molar-refractivity contribution is 7.97. The molecule has 0 heterocycles. The molecule has 1 amide bonds. The zero-order chi connectivity index (χ0) is 16.1. The van der Waals surface area contributed by atoms with Crippen molar-refractivity contribution in [1.29, 1.82) is 5.41 Å². The zero-order valence-corrected chi connectivity index (χ0v) is 12.7. The molecule has 0 aliphatic heterocycles. The second-order valence-corrected chi connectivity index (χ2v) is 5.13. The number of carbonyl (C=O) groups is 1. The molecule has 22 heavy (non-hydrogen) atoms. The molecule has 2 rings (SSSR count). The highest BCUT2D eigenvalue weighted by Crippen LogP contribution is 2.31. The number of ether oxygens (including phenoxy) is 1. The van der Waals surface area contributed by atoms with Crippen LogP contribution in [0.2, 0.25) is 0 Å². The van der Waals surface area contributed by atoms with Gasteiger partial charge in [-0.05, 0) is 30.1 Å². The van der Waals surface area contributed by atoms with Gasteiger partial charge >= 0.3 is 0 Å². The van der Waals surface area contributed by atoms with Crippen molar-refractivity contribution in [3.05, 3.63) is 47.5 Å². The maximum atomic E-state index is 10.7. The molecule has 114 valence electrons. The number of rotatable bonds is 6. The number of nitrogen functional groups attached to an aromatic ring is 1. The summed E-state index contributed by atoms with van der Waals surface area (Å²) in [6.07, 6.45) is 0.549. The van der Waals surface area contributed by atoms with Gasteiger partial charge in [0, 0.05) is 27.8 Å². The van der Waals surface area contributed by atoms with E-state index in [0.717, 1.165) is 16.8 Å². The third kappa shape index (κ3) is 3.21. The highest BCUT2D eigenvalue weighted by Gasteiger charge is 2.14. The van der Waals surface area contributed by atoms with Gasteiger partial charge in [-0.3, -0.25) is 15.3 Å². The minimum atomic E-state index is 0.241. The molecule has 0 aliphatic rings. The van der Waals surface area contributed by atoms with Gasteiger partial charge < -0.3 is 15.8 Å². The second kappa shape index (κ2) is 6.97. The van der Waals surface area contributed by atoms with Crippen molar-refractivity contribution in [3.63, 3.8) is 0 Å². The Balaban J connectivity index is 2.48. The number of hydrogen-bond acceptors (Lipinski definition) is 6. The normalized spacial score (nSPS) is 10.1. The van der Waals surface area contributed by atoms with E-state index < -0.39 is 0 Å². The zero-order valence-electron chi connectivity index (χ0n) is 11.9. The number of carbonyl (C=O) groups excluding carboxylic acids is 1. The molecular weight excluding hydrogens is 300 g/mol. The van der Waals surface area contributed by atoms with Gasteiger partial charge in [0.25, 0.3) is 0 Å². The topological polar surface area (TPSA) is 114 Å². The smallest absolute Gasteiger partial charge is 0.211 e. The number of amides is 1. The van der Waals surface area contributed by atoms with E-state index in [1.807, 2.05) is 18.2 Å². The van der Waals surface area contributed by atoms with E-state index in [4.69, 9.17) is 21.0 Å². The van der Waals surface area contributed by atoms with Crippen molar-refractivity contribution in [2.75, 3.05) is 18.2 Å². The summed E-state index contributed by atoms with van der Waals surface area (Å²) >= 11 is 1.11. The van der Waals surface area contributed by atoms with Gasteiger partial charge in [0.2, 0.25) is 6.41 Å². The van der Waals surface area contributed by atoms with Crippen LogP contribution >= 0.6 is 11.9 Å². The Bertz CT molecular complexity index is 719. The van der Waals surface area contributed by atoms with Crippen LogP contribution in [-0.2, 0) is 4.79 Å². The predicted molar refractivity (Wildman–Crippen MR) is 89.5 cm³/mol. The third-order valence-corrected chi connectivity index (χ3v) is 3.64. The first-order valence-corrected chi connectivity index (χ1v) is 7.22. The monoisotopic (exact) mass is 316 g/mol. The standard InChI is InChI=1S/C15H16N4O2S/c1-21-14-7-12(16)11(6-13(14)19-8-20)15(17)9-3-2-4-10(5-9)22-18/h2-8,17H,16,18H2,1H3,(H,19,20). The van der Waals surface area contributed by atoms with Gasteiger partial charge in [-0.2, -0.15) is 0 Å². The summed E-state index contributed by atoms with van der Waals surface area (Å²) in [4.78, 5) is 11.5. The Morgan fingerprint density at radius 2 is 2.14 bits per heavy atom. The third-order valence-electron chi connectivity index (χ3n) is 3.11. The van der Waals surface area contributed by atoms with Crippen LogP contribution in [0.5, 0.6) is 5.75 Å². The molecule has 0 spiro atoms. The molecule has 0 aromatic heterocycles. The van der Waals surface area contributed by atoms with Crippen molar-refractivity contribution in [3.8, 4) is 5.75 Å². The van der Waals surface area contributed by atoms with E-state index in [1.165, 1.54) is 7.11 Å². The van der Waals surface area contributed by atoms with Gasteiger partial charge in [-0.15, -0.1) is 0 Å². The fourth-order valence-electron chi connectivity index (χ4n) is 2.04. The summed E-state index contributed by atoms with van der Waals surface area (Å²) < 4.78 is 5.16. The van der Waals surface area contributed by atoms with Crippen LogP contribution in [0.4, 0.5) is 11.4 Å². The molecule has 2 aromatic rings. The quantitative estimate of drug-likeness (QED) is 0.282. The minimum Gasteiger partial charge on any atom is -0.494 e. The van der Waals surface area contributed by atoms with Crippen LogP contribution in [0.1, 0.15) is 11.1 Å². The lowest BCUT2D eigenvalue weighted by Crippen LogP contribution is -2.08. The molecule has 6 nitrogen and oxygen atoms in total. The van der Waals surface area contributed by atoms with Crippen molar-refractivity contribution in [2.24, 2.45) is 5.14 Å². The molecule has 0 atom stereocenters. The number of nitrogens with one attached hydrogen (secondary N) is 2. The predicted octanol–water partition coefficient (Wildman–Crippen LogP) is 2.23. The van der Waals surface area contributed by atoms with Crippen molar-refractivity contribution in [1.82, 2.24) is 0 Å².